The summed E-state index contributed by atoms with van der Waals surface area (Å²) >= 11 is 6.40. The van der Waals surface area contributed by atoms with Gasteiger partial charge in [0, 0.05) is 6.20 Å². The van der Waals surface area contributed by atoms with Crippen LogP contribution in [0.2, 0.25) is 5.28 Å². The zero-order valence-electron chi connectivity index (χ0n) is 10.4. The average Bonchev–Trinajstić information content (AvgIpc) is 2.84. The van der Waals surface area contributed by atoms with Crippen molar-refractivity contribution in [2.24, 2.45) is 5.73 Å². The van der Waals surface area contributed by atoms with Crippen LogP contribution in [0.15, 0.2) is 17.6 Å². The summed E-state index contributed by atoms with van der Waals surface area (Å²) in [7, 11) is 0. The first-order valence-electron chi connectivity index (χ1n) is 5.48. The summed E-state index contributed by atoms with van der Waals surface area (Å²) < 4.78 is 38.7. The molecule has 116 valence electrons. The van der Waals surface area contributed by atoms with Crippen LogP contribution < -0.4 is 11.1 Å². The van der Waals surface area contributed by atoms with Gasteiger partial charge in [-0.15, -0.1) is 11.3 Å². The van der Waals surface area contributed by atoms with E-state index in [1.807, 2.05) is 0 Å². The quantitative estimate of drug-likeness (QED) is 0.502. The Morgan fingerprint density at radius 2 is 2.05 bits per heavy atom. The summed E-state index contributed by atoms with van der Waals surface area (Å²) in [5, 5.41) is 3.33. The van der Waals surface area contributed by atoms with E-state index in [9.17, 15) is 22.8 Å². The van der Waals surface area contributed by atoms with Gasteiger partial charge in [-0.2, -0.15) is 18.2 Å². The maximum atomic E-state index is 12.9. The molecule has 0 bridgehead atoms. The highest BCUT2D eigenvalue weighted by Gasteiger charge is 2.35. The number of halogens is 4. The van der Waals surface area contributed by atoms with Crippen molar-refractivity contribution in [1.29, 1.82) is 0 Å². The summed E-state index contributed by atoms with van der Waals surface area (Å²) in [5.41, 5.74) is 3.56. The lowest BCUT2D eigenvalue weighted by Crippen LogP contribution is -2.23. The first kappa shape index (κ1) is 16.2. The number of aromatic nitrogens is 2. The topological polar surface area (TPSA) is 98.0 Å². The van der Waals surface area contributed by atoms with Crippen molar-refractivity contribution in [2.75, 3.05) is 5.32 Å². The molecule has 0 aliphatic rings. The Morgan fingerprint density at radius 3 is 2.64 bits per heavy atom. The van der Waals surface area contributed by atoms with Crippen molar-refractivity contribution in [3.8, 4) is 0 Å². The molecule has 2 aromatic rings. The van der Waals surface area contributed by atoms with Gasteiger partial charge in [0.15, 0.2) is 0 Å². The van der Waals surface area contributed by atoms with Crippen molar-refractivity contribution in [2.45, 2.75) is 6.18 Å². The van der Waals surface area contributed by atoms with Gasteiger partial charge in [-0.25, -0.2) is 4.98 Å². The number of nitrogens with one attached hydrogen (secondary N) is 1. The predicted octanol–water partition coefficient (Wildman–Crippen LogP) is 2.62. The molecular weight excluding hydrogens is 345 g/mol. The van der Waals surface area contributed by atoms with Crippen molar-refractivity contribution in [3.05, 3.63) is 34.1 Å². The first-order chi connectivity index (χ1) is 10.2. The molecule has 22 heavy (non-hydrogen) atoms. The number of alkyl halides is 3. The smallest absolute Gasteiger partial charge is 0.363 e. The fourth-order valence-corrected chi connectivity index (χ4v) is 2.41. The molecule has 0 radical (unpaired) electrons. The van der Waals surface area contributed by atoms with Crippen LogP contribution in [0.1, 0.15) is 15.9 Å². The Labute approximate surface area is 130 Å². The number of thiophene rings is 1. The van der Waals surface area contributed by atoms with Crippen LogP contribution in [0, 0.1) is 0 Å². The van der Waals surface area contributed by atoms with Gasteiger partial charge >= 0.3 is 6.18 Å². The van der Waals surface area contributed by atoms with Crippen LogP contribution in [0.4, 0.5) is 24.0 Å². The number of Topliss-reactive ketones (excluding diaryl/α,β-unsaturated/α-hetero) is 1. The maximum absolute atomic E-state index is 12.9. The third kappa shape index (κ3) is 3.34. The predicted molar refractivity (Wildman–Crippen MR) is 73.2 cm³/mol. The summed E-state index contributed by atoms with van der Waals surface area (Å²) in [5.74, 6) is -2.89. The van der Waals surface area contributed by atoms with Crippen LogP contribution in [0.5, 0.6) is 0 Å². The van der Waals surface area contributed by atoms with E-state index in [0.29, 0.717) is 6.20 Å². The highest BCUT2D eigenvalue weighted by molar-refractivity contribution is 7.14. The number of hydrogen-bond donors (Lipinski definition) is 2. The number of rotatable bonds is 4. The minimum absolute atomic E-state index is 0.0101. The first-order valence-corrected chi connectivity index (χ1v) is 6.74. The fourth-order valence-electron chi connectivity index (χ4n) is 1.49. The molecular formula is C11H6ClF3N4O2S. The van der Waals surface area contributed by atoms with Crippen molar-refractivity contribution in [3.63, 3.8) is 0 Å². The van der Waals surface area contributed by atoms with E-state index in [1.165, 1.54) is 11.4 Å². The van der Waals surface area contributed by atoms with Crippen LogP contribution in [0.25, 0.3) is 0 Å². The Kier molecular flexibility index (Phi) is 4.33. The maximum Gasteiger partial charge on any atom is 0.421 e. The van der Waals surface area contributed by atoms with Crippen molar-refractivity contribution >= 4 is 45.4 Å². The van der Waals surface area contributed by atoms with Crippen LogP contribution in [-0.4, -0.2) is 21.7 Å². The minimum atomic E-state index is -4.72. The highest BCUT2D eigenvalue weighted by atomic mass is 35.5. The molecule has 2 rings (SSSR count). The molecule has 3 N–H and O–H groups in total. The number of primary amides is 1. The monoisotopic (exact) mass is 350 g/mol. The number of nitrogens with two attached hydrogens (primary N) is 1. The molecule has 0 saturated carbocycles. The second-order valence-electron chi connectivity index (χ2n) is 3.88. The van der Waals surface area contributed by atoms with E-state index in [0.717, 1.165) is 11.3 Å². The summed E-state index contributed by atoms with van der Waals surface area (Å²) in [6.07, 6.45) is -4.21. The molecule has 0 aliphatic heterocycles. The third-order valence-electron chi connectivity index (χ3n) is 2.43. The van der Waals surface area contributed by atoms with Crippen molar-refractivity contribution in [1.82, 2.24) is 9.97 Å². The number of carbonyl (C=O) groups is 2. The summed E-state index contributed by atoms with van der Waals surface area (Å²) in [4.78, 5) is 29.2. The second kappa shape index (κ2) is 5.89. The van der Waals surface area contributed by atoms with Gasteiger partial charge in [-0.3, -0.25) is 9.59 Å². The standard InChI is InChI=1S/C11H6ClF3N4O2S/c12-10-17-3-5(11(13,14)15)8(19-10)18-9-4(1-2-22-9)6(20)7(16)21/h1-3H,(H2,16,21)(H,17,18,19). The van der Waals surface area contributed by atoms with E-state index in [-0.39, 0.29) is 10.6 Å². The molecule has 2 heterocycles. The van der Waals surface area contributed by atoms with Crippen LogP contribution in [-0.2, 0) is 11.0 Å². The molecule has 6 nitrogen and oxygen atoms in total. The largest absolute Gasteiger partial charge is 0.421 e. The summed E-state index contributed by atoms with van der Waals surface area (Å²) in [6.45, 7) is 0. The lowest BCUT2D eigenvalue weighted by molar-refractivity contribution is -0.137. The Morgan fingerprint density at radius 1 is 1.36 bits per heavy atom. The molecule has 0 saturated heterocycles. The Bertz CT molecular complexity index is 747. The molecule has 0 aromatic carbocycles. The van der Waals surface area contributed by atoms with Crippen molar-refractivity contribution < 1.29 is 22.8 Å². The van der Waals surface area contributed by atoms with Gasteiger partial charge in [-0.1, -0.05) is 0 Å². The van der Waals surface area contributed by atoms with E-state index >= 15 is 0 Å². The lowest BCUT2D eigenvalue weighted by Gasteiger charge is -2.12. The number of carbonyl (C=O) groups excluding carboxylic acids is 2. The molecule has 11 heteroatoms. The number of hydrogen-bond acceptors (Lipinski definition) is 6. The minimum Gasteiger partial charge on any atom is -0.363 e. The van der Waals surface area contributed by atoms with Gasteiger partial charge in [0.05, 0.1) is 5.56 Å². The van der Waals surface area contributed by atoms with Gasteiger partial charge in [-0.05, 0) is 23.0 Å². The molecule has 0 fully saturated rings. The zero-order valence-corrected chi connectivity index (χ0v) is 12.0. The van der Waals surface area contributed by atoms with E-state index in [4.69, 9.17) is 17.3 Å². The Hall–Kier alpha value is -2.20. The van der Waals surface area contributed by atoms with Crippen LogP contribution in [0.3, 0.4) is 0 Å². The lowest BCUT2D eigenvalue weighted by atomic mass is 10.2. The average molecular weight is 351 g/mol. The van der Waals surface area contributed by atoms with E-state index in [2.05, 4.69) is 15.3 Å². The second-order valence-corrected chi connectivity index (χ2v) is 5.14. The number of nitrogens with zero attached hydrogens (tertiary/aromatic N) is 2. The molecule has 0 aliphatic carbocycles. The summed E-state index contributed by atoms with van der Waals surface area (Å²) in [6, 6.07) is 1.26. The zero-order chi connectivity index (χ0) is 16.5. The van der Waals surface area contributed by atoms with Crippen LogP contribution >= 0.6 is 22.9 Å². The fraction of sp³-hybridized carbons (Fsp3) is 0.0909. The normalized spacial score (nSPS) is 11.3. The molecule has 0 unspecified atom stereocenters. The van der Waals surface area contributed by atoms with Gasteiger partial charge in [0.2, 0.25) is 5.28 Å². The molecule has 2 aromatic heterocycles. The highest BCUT2D eigenvalue weighted by Crippen LogP contribution is 2.36. The van der Waals surface area contributed by atoms with E-state index in [1.54, 1.807) is 0 Å². The SMILES string of the molecule is NC(=O)C(=O)c1ccsc1Nc1nc(Cl)ncc1C(F)(F)F. The molecule has 0 atom stereocenters. The van der Waals surface area contributed by atoms with E-state index < -0.39 is 34.5 Å². The molecule has 0 spiro atoms. The molecule has 1 amide bonds. The number of anilines is 2. The number of amides is 1. The van der Waals surface area contributed by atoms with Gasteiger partial charge < -0.3 is 11.1 Å². The van der Waals surface area contributed by atoms with Gasteiger partial charge in [0.25, 0.3) is 11.7 Å². The third-order valence-corrected chi connectivity index (χ3v) is 3.44. The number of ketones is 1. The Balaban J connectivity index is 2.45. The van der Waals surface area contributed by atoms with Gasteiger partial charge in [0.1, 0.15) is 16.4 Å².